The first-order valence-corrected chi connectivity index (χ1v) is 4.39. The number of nitrogens with zero attached hydrogens (tertiary/aromatic N) is 1. The molecule has 0 spiro atoms. The highest BCUT2D eigenvalue weighted by molar-refractivity contribution is 8.03. The number of methoxy groups -OCH3 is 1. The van der Waals surface area contributed by atoms with Crippen LogP contribution in [0.5, 0.6) is 0 Å². The molecule has 0 aromatic carbocycles. The summed E-state index contributed by atoms with van der Waals surface area (Å²) in [6.07, 6.45) is 1.33. The van der Waals surface area contributed by atoms with Gasteiger partial charge in [0.2, 0.25) is 0 Å². The quantitative estimate of drug-likeness (QED) is 0.419. The fourth-order valence-electron chi connectivity index (χ4n) is 0.954. The Morgan fingerprint density at radius 1 is 1.85 bits per heavy atom. The number of hydrogen-bond acceptors (Lipinski definition) is 5. The van der Waals surface area contributed by atoms with Crippen LogP contribution >= 0.6 is 11.8 Å². The summed E-state index contributed by atoms with van der Waals surface area (Å²) in [4.78, 5) is 9.89. The van der Waals surface area contributed by atoms with Crippen molar-refractivity contribution >= 4 is 11.8 Å². The maximum absolute atomic E-state index is 10.4. The molecule has 1 aliphatic heterocycles. The molecule has 1 aliphatic rings. The predicted octanol–water partition coefficient (Wildman–Crippen LogP) is 1.66. The Bertz CT molecular complexity index is 293. The number of rotatable bonds is 2. The van der Waals surface area contributed by atoms with Crippen LogP contribution in [0, 0.1) is 10.1 Å². The van der Waals surface area contributed by atoms with E-state index in [1.807, 2.05) is 0 Å². The summed E-state index contributed by atoms with van der Waals surface area (Å²) in [7, 11) is 1.44. The van der Waals surface area contributed by atoms with Gasteiger partial charge in [0.1, 0.15) is 5.44 Å². The summed E-state index contributed by atoms with van der Waals surface area (Å²) in [6, 6.07) is 0. The zero-order valence-electron chi connectivity index (χ0n) is 7.18. The van der Waals surface area contributed by atoms with E-state index < -0.39 is 10.4 Å². The summed E-state index contributed by atoms with van der Waals surface area (Å²) in [5, 5.41) is 19.6. The average Bonchev–Trinajstić information content (AvgIpc) is 2.47. The predicted molar refractivity (Wildman–Crippen MR) is 48.8 cm³/mol. The minimum Gasteiger partial charge on any atom is -0.512 e. The fraction of sp³-hybridized carbons (Fsp3) is 0.429. The van der Waals surface area contributed by atoms with Gasteiger partial charge >= 0.3 is 5.03 Å². The lowest BCUT2D eigenvalue weighted by atomic mass is 10.2. The van der Waals surface area contributed by atoms with Gasteiger partial charge in [-0.25, -0.2) is 0 Å². The molecule has 0 fully saturated rings. The van der Waals surface area contributed by atoms with Crippen LogP contribution in [-0.4, -0.2) is 22.6 Å². The number of hydrogen-bond donors (Lipinski definition) is 1. The number of aliphatic hydroxyl groups excluding tert-OH is 1. The van der Waals surface area contributed by atoms with Crippen LogP contribution in [0.2, 0.25) is 0 Å². The Labute approximate surface area is 79.2 Å². The number of aliphatic hydroxyl groups is 1. The van der Waals surface area contributed by atoms with Gasteiger partial charge in [-0.15, -0.1) is 0 Å². The highest BCUT2D eigenvalue weighted by Gasteiger charge is 2.31. The molecule has 0 unspecified atom stereocenters. The van der Waals surface area contributed by atoms with E-state index in [1.54, 1.807) is 0 Å². The molecule has 1 atom stereocenters. The van der Waals surface area contributed by atoms with Crippen molar-refractivity contribution in [1.29, 1.82) is 0 Å². The van der Waals surface area contributed by atoms with Crippen molar-refractivity contribution in [1.82, 2.24) is 0 Å². The maximum Gasteiger partial charge on any atom is 0.306 e. The molecule has 0 aromatic rings. The Morgan fingerprint density at radius 2 is 2.46 bits per heavy atom. The third kappa shape index (κ3) is 2.02. The Kier molecular flexibility index (Phi) is 2.94. The first-order valence-electron chi connectivity index (χ1n) is 3.51. The molecular formula is C7H9NO4S. The third-order valence-electron chi connectivity index (χ3n) is 1.57. The van der Waals surface area contributed by atoms with Gasteiger partial charge in [-0.05, 0) is 18.7 Å². The second kappa shape index (κ2) is 3.80. The van der Waals surface area contributed by atoms with Gasteiger partial charge in [0, 0.05) is 18.8 Å². The van der Waals surface area contributed by atoms with Crippen LogP contribution in [0.1, 0.15) is 6.92 Å². The molecule has 0 aromatic heterocycles. The minimum absolute atomic E-state index is 0.00440. The lowest BCUT2D eigenvalue weighted by Crippen LogP contribution is -2.05. The standard InChI is InChI=1S/C7H9NO4S/c1-4(9)5-3-6(8(10)11)13-7(5)12-2/h3,7,9H,1-2H3/b5-4+/t7-/m1/s1. The first kappa shape index (κ1) is 10.1. The van der Waals surface area contributed by atoms with E-state index in [2.05, 4.69) is 0 Å². The summed E-state index contributed by atoms with van der Waals surface area (Å²) < 4.78 is 4.95. The largest absolute Gasteiger partial charge is 0.512 e. The SMILES string of the molecule is CO[C@@H]1SC([N+](=O)[O-])=C/C1=C(/C)O. The molecule has 5 nitrogen and oxygen atoms in total. The topological polar surface area (TPSA) is 72.6 Å². The van der Waals surface area contributed by atoms with Crippen molar-refractivity contribution in [2.24, 2.45) is 0 Å². The van der Waals surface area contributed by atoms with Crippen molar-refractivity contribution in [2.45, 2.75) is 12.4 Å². The molecule has 0 saturated carbocycles. The van der Waals surface area contributed by atoms with Crippen molar-refractivity contribution in [3.05, 3.63) is 32.6 Å². The number of ether oxygens (including phenoxy) is 1. The van der Waals surface area contributed by atoms with E-state index in [0.717, 1.165) is 11.8 Å². The molecule has 0 aliphatic carbocycles. The van der Waals surface area contributed by atoms with Crippen molar-refractivity contribution < 1.29 is 14.8 Å². The van der Waals surface area contributed by atoms with E-state index >= 15 is 0 Å². The smallest absolute Gasteiger partial charge is 0.306 e. The van der Waals surface area contributed by atoms with Crippen LogP contribution in [-0.2, 0) is 4.74 Å². The molecular weight excluding hydrogens is 194 g/mol. The zero-order valence-corrected chi connectivity index (χ0v) is 8.00. The van der Waals surface area contributed by atoms with Gasteiger partial charge in [-0.2, -0.15) is 0 Å². The number of thioether (sulfide) groups is 1. The van der Waals surface area contributed by atoms with Gasteiger partial charge in [0.15, 0.2) is 0 Å². The van der Waals surface area contributed by atoms with Gasteiger partial charge < -0.3 is 9.84 Å². The van der Waals surface area contributed by atoms with Crippen molar-refractivity contribution in [2.75, 3.05) is 7.11 Å². The van der Waals surface area contributed by atoms with E-state index in [1.165, 1.54) is 20.1 Å². The molecule has 0 bridgehead atoms. The van der Waals surface area contributed by atoms with Crippen LogP contribution in [0.4, 0.5) is 0 Å². The Hall–Kier alpha value is -1.01. The lowest BCUT2D eigenvalue weighted by molar-refractivity contribution is -0.410. The van der Waals surface area contributed by atoms with Crippen molar-refractivity contribution in [3.63, 3.8) is 0 Å². The molecule has 0 radical (unpaired) electrons. The van der Waals surface area contributed by atoms with Crippen LogP contribution in [0.3, 0.4) is 0 Å². The van der Waals surface area contributed by atoms with Crippen LogP contribution in [0.25, 0.3) is 0 Å². The molecule has 1 rings (SSSR count). The van der Waals surface area contributed by atoms with E-state index in [0.29, 0.717) is 5.57 Å². The first-order chi connectivity index (χ1) is 6.06. The fourth-order valence-corrected chi connectivity index (χ4v) is 1.92. The molecule has 0 amide bonds. The minimum atomic E-state index is -0.493. The zero-order chi connectivity index (χ0) is 10.0. The van der Waals surface area contributed by atoms with Gasteiger partial charge in [-0.3, -0.25) is 10.1 Å². The second-order valence-electron chi connectivity index (χ2n) is 2.47. The lowest BCUT2D eigenvalue weighted by Gasteiger charge is -2.07. The van der Waals surface area contributed by atoms with E-state index in [4.69, 9.17) is 4.74 Å². The monoisotopic (exact) mass is 203 g/mol. The normalized spacial score (nSPS) is 25.7. The molecule has 1 N–H and O–H groups in total. The molecule has 13 heavy (non-hydrogen) atoms. The molecule has 1 heterocycles. The van der Waals surface area contributed by atoms with Crippen LogP contribution in [0.15, 0.2) is 22.4 Å². The van der Waals surface area contributed by atoms with E-state index in [-0.39, 0.29) is 10.8 Å². The number of allylic oxidation sites excluding steroid dienone is 1. The molecule has 6 heteroatoms. The highest BCUT2D eigenvalue weighted by Crippen LogP contribution is 2.37. The van der Waals surface area contributed by atoms with Crippen molar-refractivity contribution in [3.8, 4) is 0 Å². The second-order valence-corrected chi connectivity index (χ2v) is 3.55. The highest BCUT2D eigenvalue weighted by atomic mass is 32.2. The Balaban J connectivity index is 2.95. The summed E-state index contributed by atoms with van der Waals surface area (Å²) in [5.74, 6) is 0.0520. The number of nitro groups is 1. The maximum atomic E-state index is 10.4. The molecule has 72 valence electrons. The molecule has 0 saturated heterocycles. The summed E-state index contributed by atoms with van der Waals surface area (Å²) in [5.41, 5.74) is -0.00963. The third-order valence-corrected chi connectivity index (χ3v) is 2.74. The summed E-state index contributed by atoms with van der Waals surface area (Å²) >= 11 is 0.977. The summed E-state index contributed by atoms with van der Waals surface area (Å²) in [6.45, 7) is 1.47. The Morgan fingerprint density at radius 3 is 2.77 bits per heavy atom. The van der Waals surface area contributed by atoms with Gasteiger partial charge in [0.25, 0.3) is 0 Å². The van der Waals surface area contributed by atoms with Crippen LogP contribution < -0.4 is 0 Å². The van der Waals surface area contributed by atoms with E-state index in [9.17, 15) is 15.2 Å². The van der Waals surface area contributed by atoms with Gasteiger partial charge in [0.05, 0.1) is 10.7 Å². The van der Waals surface area contributed by atoms with Gasteiger partial charge in [-0.1, -0.05) is 0 Å². The average molecular weight is 203 g/mol.